The van der Waals surface area contributed by atoms with E-state index in [-0.39, 0.29) is 11.3 Å². The average molecular weight is 557 g/mol. The van der Waals surface area contributed by atoms with E-state index < -0.39 is 17.7 Å². The number of amides is 1. The van der Waals surface area contributed by atoms with Crippen LogP contribution in [0, 0.1) is 0 Å². The minimum atomic E-state index is -0.764. The summed E-state index contributed by atoms with van der Waals surface area (Å²) < 4.78 is 17.4. The summed E-state index contributed by atoms with van der Waals surface area (Å²) in [6, 6.07) is 21.5. The first-order valence-corrected chi connectivity index (χ1v) is 14.2. The number of aliphatic hydroxyl groups excluding tert-OH is 1. The van der Waals surface area contributed by atoms with Crippen LogP contribution in [0.15, 0.2) is 78.4 Å². The van der Waals surface area contributed by atoms with Gasteiger partial charge in [-0.05, 0) is 67.5 Å². The number of aliphatic hydroxyl groups is 1. The van der Waals surface area contributed by atoms with Crippen molar-refractivity contribution in [1.29, 1.82) is 0 Å². The molecule has 3 aromatic carbocycles. The third-order valence-electron chi connectivity index (χ3n) is 7.55. The van der Waals surface area contributed by atoms with Crippen LogP contribution in [0.4, 0.5) is 0 Å². The van der Waals surface area contributed by atoms with Crippen LogP contribution in [-0.2, 0) is 16.2 Å². The second-order valence-electron chi connectivity index (χ2n) is 10.1. The third kappa shape index (κ3) is 6.23. The molecule has 1 fully saturated rings. The number of fused-ring (bicyclic) bond motifs is 1. The molecule has 0 aliphatic carbocycles. The molecule has 214 valence electrons. The lowest BCUT2D eigenvalue weighted by molar-refractivity contribution is -0.140. The van der Waals surface area contributed by atoms with Crippen LogP contribution in [0.5, 0.6) is 17.2 Å². The van der Waals surface area contributed by atoms with Gasteiger partial charge in [-0.2, -0.15) is 0 Å². The van der Waals surface area contributed by atoms with E-state index in [0.717, 1.165) is 25.2 Å². The summed E-state index contributed by atoms with van der Waals surface area (Å²) in [5.41, 5.74) is 2.15. The van der Waals surface area contributed by atoms with Gasteiger partial charge in [-0.15, -0.1) is 0 Å². The van der Waals surface area contributed by atoms with E-state index in [1.54, 1.807) is 23.1 Å². The normalized spacial score (nSPS) is 17.7. The van der Waals surface area contributed by atoms with Gasteiger partial charge in [0.25, 0.3) is 11.7 Å². The Hall–Kier alpha value is -4.30. The molecular formula is C33H36N2O6. The van der Waals surface area contributed by atoms with Crippen molar-refractivity contribution in [2.75, 3.05) is 39.4 Å². The predicted molar refractivity (Wildman–Crippen MR) is 156 cm³/mol. The summed E-state index contributed by atoms with van der Waals surface area (Å²) in [6.07, 6.45) is 0.694. The SMILES string of the molecule is CCN(CC)CCCN1C(=O)C(=O)C(=C(O)c2ccc3c(c2)OCCO3)[C@@H]1c1cccc(OCc2ccccc2)c1. The van der Waals surface area contributed by atoms with E-state index in [0.29, 0.717) is 61.2 Å². The third-order valence-corrected chi connectivity index (χ3v) is 7.55. The van der Waals surface area contributed by atoms with Crippen LogP contribution in [0.25, 0.3) is 5.76 Å². The summed E-state index contributed by atoms with van der Waals surface area (Å²) in [6.45, 7) is 8.40. The zero-order chi connectivity index (χ0) is 28.8. The first-order valence-electron chi connectivity index (χ1n) is 14.2. The molecule has 0 unspecified atom stereocenters. The summed E-state index contributed by atoms with van der Waals surface area (Å²) in [5, 5.41) is 11.5. The molecule has 0 saturated carbocycles. The maximum absolute atomic E-state index is 13.5. The molecule has 0 bridgehead atoms. The Bertz CT molecular complexity index is 1420. The number of nitrogens with zero attached hydrogens (tertiary/aromatic N) is 2. The van der Waals surface area contributed by atoms with Crippen molar-refractivity contribution in [1.82, 2.24) is 9.80 Å². The lowest BCUT2D eigenvalue weighted by Gasteiger charge is -2.27. The zero-order valence-corrected chi connectivity index (χ0v) is 23.5. The van der Waals surface area contributed by atoms with Crippen LogP contribution in [0.1, 0.15) is 43.0 Å². The molecule has 0 radical (unpaired) electrons. The Morgan fingerprint density at radius 3 is 2.46 bits per heavy atom. The maximum Gasteiger partial charge on any atom is 0.295 e. The van der Waals surface area contributed by atoms with Gasteiger partial charge in [-0.3, -0.25) is 9.59 Å². The molecule has 0 aromatic heterocycles. The highest BCUT2D eigenvalue weighted by molar-refractivity contribution is 6.46. The number of likely N-dealkylation sites (tertiary alicyclic amines) is 1. The Morgan fingerprint density at radius 2 is 1.71 bits per heavy atom. The molecule has 2 aliphatic heterocycles. The van der Waals surface area contributed by atoms with E-state index in [1.807, 2.05) is 54.6 Å². The average Bonchev–Trinajstić information content (AvgIpc) is 3.27. The molecule has 0 spiro atoms. The molecule has 2 heterocycles. The van der Waals surface area contributed by atoms with Gasteiger partial charge in [0.2, 0.25) is 0 Å². The van der Waals surface area contributed by atoms with Crippen molar-refractivity contribution < 1.29 is 28.9 Å². The molecule has 8 nitrogen and oxygen atoms in total. The fraction of sp³-hybridized carbons (Fsp3) is 0.333. The number of carbonyl (C=O) groups excluding carboxylic acids is 2. The van der Waals surface area contributed by atoms with E-state index in [1.165, 1.54) is 0 Å². The van der Waals surface area contributed by atoms with Gasteiger partial charge in [0, 0.05) is 12.1 Å². The fourth-order valence-electron chi connectivity index (χ4n) is 5.32. The van der Waals surface area contributed by atoms with Gasteiger partial charge < -0.3 is 29.1 Å². The van der Waals surface area contributed by atoms with Crippen molar-refractivity contribution in [3.05, 3.63) is 95.1 Å². The van der Waals surface area contributed by atoms with Crippen molar-refractivity contribution in [3.63, 3.8) is 0 Å². The smallest absolute Gasteiger partial charge is 0.295 e. The van der Waals surface area contributed by atoms with Crippen molar-refractivity contribution in [3.8, 4) is 17.2 Å². The highest BCUT2D eigenvalue weighted by Gasteiger charge is 2.46. The van der Waals surface area contributed by atoms with Gasteiger partial charge >= 0.3 is 0 Å². The molecule has 5 rings (SSSR count). The van der Waals surface area contributed by atoms with Gasteiger partial charge in [-0.1, -0.05) is 56.3 Å². The van der Waals surface area contributed by atoms with Crippen LogP contribution < -0.4 is 14.2 Å². The predicted octanol–water partition coefficient (Wildman–Crippen LogP) is 5.19. The lowest BCUT2D eigenvalue weighted by Crippen LogP contribution is -2.33. The molecule has 2 aliphatic rings. The Labute approximate surface area is 240 Å². The number of benzene rings is 3. The second kappa shape index (κ2) is 12.9. The van der Waals surface area contributed by atoms with Gasteiger partial charge in [0.15, 0.2) is 11.5 Å². The number of carbonyl (C=O) groups is 2. The number of ether oxygens (including phenoxy) is 3. The molecule has 3 aromatic rings. The number of ketones is 1. The van der Waals surface area contributed by atoms with Gasteiger partial charge in [-0.25, -0.2) is 0 Å². The molecule has 1 saturated heterocycles. The van der Waals surface area contributed by atoms with E-state index in [4.69, 9.17) is 14.2 Å². The fourth-order valence-corrected chi connectivity index (χ4v) is 5.32. The minimum Gasteiger partial charge on any atom is -0.507 e. The molecule has 8 heteroatoms. The summed E-state index contributed by atoms with van der Waals surface area (Å²) in [5.74, 6) is 0.0998. The molecular weight excluding hydrogens is 520 g/mol. The van der Waals surface area contributed by atoms with Crippen molar-refractivity contribution >= 4 is 17.4 Å². The van der Waals surface area contributed by atoms with Crippen LogP contribution in [0.3, 0.4) is 0 Å². The van der Waals surface area contributed by atoms with Crippen LogP contribution in [-0.4, -0.2) is 66.0 Å². The molecule has 1 amide bonds. The minimum absolute atomic E-state index is 0.0507. The molecule has 41 heavy (non-hydrogen) atoms. The lowest BCUT2D eigenvalue weighted by atomic mass is 9.95. The highest BCUT2D eigenvalue weighted by Crippen LogP contribution is 2.42. The maximum atomic E-state index is 13.5. The number of hydrogen-bond acceptors (Lipinski definition) is 7. The highest BCUT2D eigenvalue weighted by atomic mass is 16.6. The van der Waals surface area contributed by atoms with Crippen molar-refractivity contribution in [2.45, 2.75) is 32.9 Å². The monoisotopic (exact) mass is 556 g/mol. The molecule has 1 N–H and O–H groups in total. The summed E-state index contributed by atoms with van der Waals surface area (Å²) in [4.78, 5) is 30.8. The number of rotatable bonds is 11. The standard InChI is InChI=1S/C33H36N2O6/c1-3-34(4-2)16-9-17-35-30(24-12-8-13-26(20-24)41-22-23-10-6-5-7-11-23)29(32(37)33(35)38)31(36)25-14-15-27-28(21-25)40-19-18-39-27/h5-8,10-15,20-21,30,36H,3-4,9,16-19,22H2,1-2H3/t30-/m0/s1. The van der Waals surface area contributed by atoms with E-state index in [9.17, 15) is 14.7 Å². The van der Waals surface area contributed by atoms with E-state index in [2.05, 4.69) is 18.7 Å². The quantitative estimate of drug-likeness (QED) is 0.198. The first kappa shape index (κ1) is 28.2. The molecule has 1 atom stereocenters. The van der Waals surface area contributed by atoms with Crippen molar-refractivity contribution in [2.24, 2.45) is 0 Å². The summed E-state index contributed by atoms with van der Waals surface area (Å²) in [7, 11) is 0. The largest absolute Gasteiger partial charge is 0.507 e. The Kier molecular flexibility index (Phi) is 8.89. The Morgan fingerprint density at radius 1 is 0.951 bits per heavy atom. The topological polar surface area (TPSA) is 88.5 Å². The van der Waals surface area contributed by atoms with Crippen LogP contribution >= 0.6 is 0 Å². The van der Waals surface area contributed by atoms with Gasteiger partial charge in [0.05, 0.1) is 11.6 Å². The zero-order valence-electron chi connectivity index (χ0n) is 23.5. The summed E-state index contributed by atoms with van der Waals surface area (Å²) >= 11 is 0. The number of hydrogen-bond donors (Lipinski definition) is 1. The second-order valence-corrected chi connectivity index (χ2v) is 10.1. The van der Waals surface area contributed by atoms with E-state index >= 15 is 0 Å². The Balaban J connectivity index is 1.50. The first-order chi connectivity index (χ1) is 20.0. The number of Topliss-reactive ketones (excluding diaryl/α,β-unsaturated/α-hetero) is 1. The van der Waals surface area contributed by atoms with Gasteiger partial charge in [0.1, 0.15) is 31.3 Å². The van der Waals surface area contributed by atoms with Crippen LogP contribution in [0.2, 0.25) is 0 Å².